The van der Waals surface area contributed by atoms with E-state index < -0.39 is 0 Å². The summed E-state index contributed by atoms with van der Waals surface area (Å²) in [5, 5.41) is 7.75. The highest BCUT2D eigenvalue weighted by molar-refractivity contribution is 7.80. The summed E-state index contributed by atoms with van der Waals surface area (Å²) in [6.07, 6.45) is 2.95. The summed E-state index contributed by atoms with van der Waals surface area (Å²) in [5.74, 6) is -0.640. The van der Waals surface area contributed by atoms with Crippen LogP contribution in [0, 0.1) is 5.82 Å². The minimum atomic E-state index is -0.331. The van der Waals surface area contributed by atoms with Gasteiger partial charge < -0.3 is 5.32 Å². The van der Waals surface area contributed by atoms with Gasteiger partial charge in [0.05, 0.1) is 6.54 Å². The van der Waals surface area contributed by atoms with Crippen LogP contribution in [0.25, 0.3) is 6.08 Å². The first kappa shape index (κ1) is 15.3. The van der Waals surface area contributed by atoms with E-state index in [0.717, 1.165) is 10.4 Å². The van der Waals surface area contributed by atoms with E-state index in [1.807, 2.05) is 17.5 Å². The number of hydrogen-bond acceptors (Lipinski definition) is 3. The van der Waals surface area contributed by atoms with Crippen LogP contribution in [0.5, 0.6) is 0 Å². The molecule has 1 aromatic heterocycles. The molecule has 108 valence electrons. The fourth-order valence-corrected chi connectivity index (χ4v) is 2.34. The van der Waals surface area contributed by atoms with Crippen molar-refractivity contribution in [2.75, 3.05) is 0 Å². The molecule has 0 aliphatic rings. The Morgan fingerprint density at radius 3 is 2.71 bits per heavy atom. The number of carbonyl (C=O) groups excluding carboxylic acids is 1. The summed E-state index contributed by atoms with van der Waals surface area (Å²) in [6, 6.07) is 9.79. The number of amides is 1. The van der Waals surface area contributed by atoms with Gasteiger partial charge in [-0.2, -0.15) is 0 Å². The van der Waals surface area contributed by atoms with Crippen molar-refractivity contribution in [2.24, 2.45) is 0 Å². The number of carbonyl (C=O) groups is 1. The molecule has 0 aliphatic carbocycles. The Hall–Kier alpha value is -2.05. The molecule has 0 saturated heterocycles. The molecule has 0 spiro atoms. The van der Waals surface area contributed by atoms with Gasteiger partial charge in [0.1, 0.15) is 5.82 Å². The monoisotopic (exact) mass is 320 g/mol. The van der Waals surface area contributed by atoms with Gasteiger partial charge in [-0.15, -0.1) is 11.3 Å². The maximum absolute atomic E-state index is 12.7. The summed E-state index contributed by atoms with van der Waals surface area (Å²) in [5.41, 5.74) is 0.740. The first-order chi connectivity index (χ1) is 10.1. The molecule has 21 heavy (non-hydrogen) atoms. The number of hydrogen-bond donors (Lipinski definition) is 2. The van der Waals surface area contributed by atoms with Crippen LogP contribution in [0.2, 0.25) is 0 Å². The molecule has 0 unspecified atom stereocenters. The number of rotatable bonds is 4. The van der Waals surface area contributed by atoms with Crippen molar-refractivity contribution in [1.29, 1.82) is 0 Å². The van der Waals surface area contributed by atoms with E-state index in [1.54, 1.807) is 29.5 Å². The van der Waals surface area contributed by atoms with E-state index in [1.165, 1.54) is 18.2 Å². The number of thiophene rings is 1. The predicted molar refractivity (Wildman–Crippen MR) is 87.3 cm³/mol. The number of benzene rings is 1. The van der Waals surface area contributed by atoms with E-state index in [2.05, 4.69) is 10.6 Å². The van der Waals surface area contributed by atoms with Crippen LogP contribution in [-0.4, -0.2) is 11.0 Å². The molecule has 2 rings (SSSR count). The van der Waals surface area contributed by atoms with Gasteiger partial charge in [-0.1, -0.05) is 18.2 Å². The summed E-state index contributed by atoms with van der Waals surface area (Å²) < 4.78 is 12.7. The van der Waals surface area contributed by atoms with E-state index in [0.29, 0.717) is 6.54 Å². The fraction of sp³-hybridized carbons (Fsp3) is 0.0667. The van der Waals surface area contributed by atoms with Gasteiger partial charge >= 0.3 is 0 Å². The van der Waals surface area contributed by atoms with Crippen molar-refractivity contribution in [3.8, 4) is 0 Å². The quantitative estimate of drug-likeness (QED) is 0.672. The normalized spacial score (nSPS) is 10.5. The van der Waals surface area contributed by atoms with Gasteiger partial charge in [-0.25, -0.2) is 4.39 Å². The SMILES string of the molecule is O=C(/C=C/c1ccc(F)cc1)NC(=S)NCc1cccs1. The van der Waals surface area contributed by atoms with Gasteiger partial charge in [0.2, 0.25) is 5.91 Å². The second-order valence-electron chi connectivity index (χ2n) is 4.14. The highest BCUT2D eigenvalue weighted by Gasteiger charge is 2.01. The molecular weight excluding hydrogens is 307 g/mol. The standard InChI is InChI=1S/C15H13FN2OS2/c16-12-6-3-11(4-7-12)5-8-14(19)18-15(20)17-10-13-2-1-9-21-13/h1-9H,10H2,(H2,17,18,19,20)/b8-5+. The van der Waals surface area contributed by atoms with Gasteiger partial charge in [0.15, 0.2) is 5.11 Å². The maximum atomic E-state index is 12.7. The van der Waals surface area contributed by atoms with E-state index >= 15 is 0 Å². The first-order valence-electron chi connectivity index (χ1n) is 6.18. The van der Waals surface area contributed by atoms with Crippen LogP contribution in [0.1, 0.15) is 10.4 Å². The van der Waals surface area contributed by atoms with Crippen LogP contribution < -0.4 is 10.6 Å². The highest BCUT2D eigenvalue weighted by atomic mass is 32.1. The van der Waals surface area contributed by atoms with Crippen molar-refractivity contribution < 1.29 is 9.18 Å². The molecule has 1 aromatic carbocycles. The van der Waals surface area contributed by atoms with E-state index in [9.17, 15) is 9.18 Å². The smallest absolute Gasteiger partial charge is 0.250 e. The van der Waals surface area contributed by atoms with Crippen LogP contribution in [0.3, 0.4) is 0 Å². The van der Waals surface area contributed by atoms with Crippen LogP contribution in [0.4, 0.5) is 4.39 Å². The van der Waals surface area contributed by atoms with Gasteiger partial charge in [0, 0.05) is 11.0 Å². The van der Waals surface area contributed by atoms with Crippen LogP contribution >= 0.6 is 23.6 Å². The lowest BCUT2D eigenvalue weighted by atomic mass is 10.2. The van der Waals surface area contributed by atoms with Crippen molar-refractivity contribution in [1.82, 2.24) is 10.6 Å². The highest BCUT2D eigenvalue weighted by Crippen LogP contribution is 2.07. The molecular formula is C15H13FN2OS2. The molecule has 0 radical (unpaired) electrons. The second-order valence-corrected chi connectivity index (χ2v) is 5.58. The molecule has 0 bridgehead atoms. The van der Waals surface area contributed by atoms with Crippen LogP contribution in [0.15, 0.2) is 47.9 Å². The zero-order valence-electron chi connectivity index (χ0n) is 11.0. The summed E-state index contributed by atoms with van der Waals surface area (Å²) in [6.45, 7) is 0.582. The summed E-state index contributed by atoms with van der Waals surface area (Å²) in [7, 11) is 0. The third kappa shape index (κ3) is 5.45. The third-order valence-electron chi connectivity index (χ3n) is 2.54. The largest absolute Gasteiger partial charge is 0.357 e. The molecule has 1 amide bonds. The van der Waals surface area contributed by atoms with Gasteiger partial charge in [-0.3, -0.25) is 10.1 Å². The molecule has 6 heteroatoms. The average Bonchev–Trinajstić information content (AvgIpc) is 2.98. The van der Waals surface area contributed by atoms with Crippen molar-refractivity contribution >= 4 is 40.7 Å². The predicted octanol–water partition coefficient (Wildman–Crippen LogP) is 3.09. The van der Waals surface area contributed by atoms with Gasteiger partial charge in [-0.05, 0) is 47.4 Å². The Morgan fingerprint density at radius 1 is 1.29 bits per heavy atom. The maximum Gasteiger partial charge on any atom is 0.250 e. The van der Waals surface area contributed by atoms with Gasteiger partial charge in [0.25, 0.3) is 0 Å². The lowest BCUT2D eigenvalue weighted by molar-refractivity contribution is -0.115. The summed E-state index contributed by atoms with van der Waals surface area (Å²) >= 11 is 6.64. The molecule has 0 atom stereocenters. The molecule has 1 heterocycles. The molecule has 3 nitrogen and oxygen atoms in total. The topological polar surface area (TPSA) is 41.1 Å². The number of halogens is 1. The molecule has 2 N–H and O–H groups in total. The molecule has 0 fully saturated rings. The van der Waals surface area contributed by atoms with E-state index in [4.69, 9.17) is 12.2 Å². The number of thiocarbonyl (C=S) groups is 1. The van der Waals surface area contributed by atoms with Crippen molar-refractivity contribution in [3.05, 3.63) is 64.1 Å². The molecule has 0 aliphatic heterocycles. The number of nitrogens with one attached hydrogen (secondary N) is 2. The Bertz CT molecular complexity index is 636. The average molecular weight is 320 g/mol. The summed E-state index contributed by atoms with van der Waals surface area (Å²) in [4.78, 5) is 12.8. The molecule has 0 saturated carbocycles. The fourth-order valence-electron chi connectivity index (χ4n) is 1.52. The minimum absolute atomic E-state index is 0.275. The zero-order valence-corrected chi connectivity index (χ0v) is 12.6. The first-order valence-corrected chi connectivity index (χ1v) is 7.47. The third-order valence-corrected chi connectivity index (χ3v) is 3.66. The Morgan fingerprint density at radius 2 is 2.05 bits per heavy atom. The second kappa shape index (κ2) is 7.66. The van der Waals surface area contributed by atoms with Crippen molar-refractivity contribution in [3.63, 3.8) is 0 Å². The minimum Gasteiger partial charge on any atom is -0.357 e. The van der Waals surface area contributed by atoms with Crippen molar-refractivity contribution in [2.45, 2.75) is 6.54 Å². The van der Waals surface area contributed by atoms with E-state index in [-0.39, 0.29) is 16.8 Å². The van der Waals surface area contributed by atoms with Crippen LogP contribution in [-0.2, 0) is 11.3 Å². The Labute approximate surface area is 131 Å². The Kier molecular flexibility index (Phi) is 5.59. The lowest BCUT2D eigenvalue weighted by Crippen LogP contribution is -2.37. The lowest BCUT2D eigenvalue weighted by Gasteiger charge is -2.06. The molecule has 2 aromatic rings. The Balaban J connectivity index is 1.78. The zero-order chi connectivity index (χ0) is 15.1.